The largest absolute Gasteiger partial charge is 0.497 e. The summed E-state index contributed by atoms with van der Waals surface area (Å²) in [6, 6.07) is 5.70. The van der Waals surface area contributed by atoms with Crippen LogP contribution in [0.2, 0.25) is 0 Å². The number of hydrogen-bond acceptors (Lipinski definition) is 4. The highest BCUT2D eigenvalue weighted by Gasteiger charge is 2.20. The van der Waals surface area contributed by atoms with Gasteiger partial charge in [-0.15, -0.1) is 0 Å². The standard InChI is InChI=1S/C15H23NO3/c1-17-11-6-7-13(15(10-11)18-2)14(16)9-12-5-3-4-8-19-12/h6-7,10,12,14H,3-5,8-9,16H2,1-2H3. The van der Waals surface area contributed by atoms with E-state index in [0.29, 0.717) is 0 Å². The topological polar surface area (TPSA) is 53.7 Å². The third kappa shape index (κ3) is 3.61. The SMILES string of the molecule is COc1ccc(C(N)CC2CCCCO2)c(OC)c1. The molecule has 0 aliphatic carbocycles. The van der Waals surface area contributed by atoms with Crippen LogP contribution in [0.25, 0.3) is 0 Å². The Morgan fingerprint density at radius 2 is 2.16 bits per heavy atom. The van der Waals surface area contributed by atoms with Crippen molar-refractivity contribution < 1.29 is 14.2 Å². The van der Waals surface area contributed by atoms with Crippen molar-refractivity contribution in [3.8, 4) is 11.5 Å². The van der Waals surface area contributed by atoms with Gasteiger partial charge in [-0.25, -0.2) is 0 Å². The first-order valence-electron chi connectivity index (χ1n) is 6.83. The monoisotopic (exact) mass is 265 g/mol. The summed E-state index contributed by atoms with van der Waals surface area (Å²) in [6.07, 6.45) is 4.61. The lowest BCUT2D eigenvalue weighted by Crippen LogP contribution is -2.25. The maximum Gasteiger partial charge on any atom is 0.127 e. The van der Waals surface area contributed by atoms with Gasteiger partial charge in [-0.2, -0.15) is 0 Å². The minimum atomic E-state index is -0.0658. The molecule has 0 amide bonds. The molecule has 0 aromatic heterocycles. The van der Waals surface area contributed by atoms with Gasteiger partial charge >= 0.3 is 0 Å². The minimum absolute atomic E-state index is 0.0658. The molecule has 2 N–H and O–H groups in total. The van der Waals surface area contributed by atoms with Crippen LogP contribution in [0, 0.1) is 0 Å². The van der Waals surface area contributed by atoms with Crippen LogP contribution < -0.4 is 15.2 Å². The van der Waals surface area contributed by atoms with Crippen LogP contribution in [0.5, 0.6) is 11.5 Å². The van der Waals surface area contributed by atoms with E-state index in [9.17, 15) is 0 Å². The highest BCUT2D eigenvalue weighted by atomic mass is 16.5. The fraction of sp³-hybridized carbons (Fsp3) is 0.600. The first kappa shape index (κ1) is 14.2. The fourth-order valence-corrected chi connectivity index (χ4v) is 2.53. The van der Waals surface area contributed by atoms with Gasteiger partial charge in [-0.05, 0) is 31.7 Å². The molecule has 2 unspecified atom stereocenters. The molecule has 1 aliphatic rings. The maximum atomic E-state index is 6.29. The van der Waals surface area contributed by atoms with Crippen molar-refractivity contribution in [2.24, 2.45) is 5.73 Å². The van der Waals surface area contributed by atoms with E-state index < -0.39 is 0 Å². The van der Waals surface area contributed by atoms with E-state index >= 15 is 0 Å². The molecule has 0 saturated carbocycles. The molecular weight excluding hydrogens is 242 g/mol. The Morgan fingerprint density at radius 3 is 2.79 bits per heavy atom. The van der Waals surface area contributed by atoms with Crippen LogP contribution >= 0.6 is 0 Å². The van der Waals surface area contributed by atoms with Gasteiger partial charge in [0.25, 0.3) is 0 Å². The first-order chi connectivity index (χ1) is 9.24. The normalized spacial score (nSPS) is 20.9. The zero-order valence-electron chi connectivity index (χ0n) is 11.7. The lowest BCUT2D eigenvalue weighted by Gasteiger charge is -2.26. The predicted octanol–water partition coefficient (Wildman–Crippen LogP) is 2.66. The summed E-state index contributed by atoms with van der Waals surface area (Å²) >= 11 is 0. The highest BCUT2D eigenvalue weighted by molar-refractivity contribution is 5.42. The van der Waals surface area contributed by atoms with E-state index in [2.05, 4.69) is 0 Å². The summed E-state index contributed by atoms with van der Waals surface area (Å²) in [5.41, 5.74) is 7.30. The van der Waals surface area contributed by atoms with Crippen molar-refractivity contribution in [1.29, 1.82) is 0 Å². The number of ether oxygens (including phenoxy) is 3. The van der Waals surface area contributed by atoms with Crippen LogP contribution in [0.15, 0.2) is 18.2 Å². The predicted molar refractivity (Wildman–Crippen MR) is 74.7 cm³/mol. The van der Waals surface area contributed by atoms with Gasteiger partial charge in [0.05, 0.1) is 20.3 Å². The summed E-state index contributed by atoms with van der Waals surface area (Å²) in [6.45, 7) is 0.858. The second-order valence-corrected chi connectivity index (χ2v) is 4.94. The van der Waals surface area contributed by atoms with Crippen LogP contribution in [0.4, 0.5) is 0 Å². The Labute approximate surface area is 114 Å². The van der Waals surface area contributed by atoms with Crippen LogP contribution in [-0.2, 0) is 4.74 Å². The highest BCUT2D eigenvalue weighted by Crippen LogP contribution is 2.32. The van der Waals surface area contributed by atoms with Crippen molar-refractivity contribution in [1.82, 2.24) is 0 Å². The van der Waals surface area contributed by atoms with Gasteiger partial charge in [0.1, 0.15) is 11.5 Å². The van der Waals surface area contributed by atoms with E-state index in [1.54, 1.807) is 14.2 Å². The molecular formula is C15H23NO3. The van der Waals surface area contributed by atoms with E-state index in [4.69, 9.17) is 19.9 Å². The van der Waals surface area contributed by atoms with Crippen LogP contribution in [0.3, 0.4) is 0 Å². The molecule has 0 radical (unpaired) electrons. The van der Waals surface area contributed by atoms with Crippen molar-refractivity contribution in [3.63, 3.8) is 0 Å². The molecule has 2 atom stereocenters. The van der Waals surface area contributed by atoms with Gasteiger partial charge < -0.3 is 19.9 Å². The number of methoxy groups -OCH3 is 2. The van der Waals surface area contributed by atoms with E-state index in [0.717, 1.165) is 42.9 Å². The molecule has 4 heteroatoms. The lowest BCUT2D eigenvalue weighted by atomic mass is 9.96. The molecule has 1 saturated heterocycles. The molecule has 1 aromatic carbocycles. The van der Waals surface area contributed by atoms with Crippen molar-refractivity contribution in [3.05, 3.63) is 23.8 Å². The Morgan fingerprint density at radius 1 is 1.32 bits per heavy atom. The van der Waals surface area contributed by atoms with E-state index in [1.807, 2.05) is 18.2 Å². The zero-order valence-corrected chi connectivity index (χ0v) is 11.7. The van der Waals surface area contributed by atoms with E-state index in [-0.39, 0.29) is 12.1 Å². The zero-order chi connectivity index (χ0) is 13.7. The Balaban J connectivity index is 2.06. The molecule has 4 nitrogen and oxygen atoms in total. The Kier molecular flexibility index (Phi) is 5.05. The van der Waals surface area contributed by atoms with Crippen molar-refractivity contribution in [2.75, 3.05) is 20.8 Å². The Hall–Kier alpha value is -1.26. The van der Waals surface area contributed by atoms with Crippen LogP contribution in [-0.4, -0.2) is 26.9 Å². The fourth-order valence-electron chi connectivity index (χ4n) is 2.53. The van der Waals surface area contributed by atoms with E-state index in [1.165, 1.54) is 6.42 Å². The molecule has 1 aromatic rings. The quantitative estimate of drug-likeness (QED) is 0.889. The minimum Gasteiger partial charge on any atom is -0.497 e. The number of nitrogens with two attached hydrogens (primary N) is 1. The third-order valence-electron chi connectivity index (χ3n) is 3.63. The molecule has 1 aliphatic heterocycles. The second kappa shape index (κ2) is 6.78. The molecule has 0 bridgehead atoms. The van der Waals surface area contributed by atoms with Crippen molar-refractivity contribution >= 4 is 0 Å². The molecule has 0 spiro atoms. The molecule has 1 heterocycles. The number of benzene rings is 1. The average molecular weight is 265 g/mol. The van der Waals surface area contributed by atoms with Crippen molar-refractivity contribution in [2.45, 2.75) is 37.8 Å². The molecule has 1 fully saturated rings. The van der Waals surface area contributed by atoms with Gasteiger partial charge in [0.2, 0.25) is 0 Å². The maximum absolute atomic E-state index is 6.29. The summed E-state index contributed by atoms with van der Waals surface area (Å²) in [4.78, 5) is 0. The van der Waals surface area contributed by atoms with Crippen LogP contribution in [0.1, 0.15) is 37.3 Å². The van der Waals surface area contributed by atoms with Gasteiger partial charge in [0, 0.05) is 24.3 Å². The third-order valence-corrected chi connectivity index (χ3v) is 3.63. The first-order valence-corrected chi connectivity index (χ1v) is 6.83. The summed E-state index contributed by atoms with van der Waals surface area (Å²) in [7, 11) is 3.30. The van der Waals surface area contributed by atoms with Gasteiger partial charge in [-0.3, -0.25) is 0 Å². The van der Waals surface area contributed by atoms with Gasteiger partial charge in [-0.1, -0.05) is 6.07 Å². The average Bonchev–Trinajstić information content (AvgIpc) is 2.47. The lowest BCUT2D eigenvalue weighted by molar-refractivity contribution is 0.00719. The second-order valence-electron chi connectivity index (χ2n) is 4.94. The number of hydrogen-bond donors (Lipinski definition) is 1. The molecule has 19 heavy (non-hydrogen) atoms. The molecule has 2 rings (SSSR count). The summed E-state index contributed by atoms with van der Waals surface area (Å²) < 4.78 is 16.3. The smallest absolute Gasteiger partial charge is 0.127 e. The molecule has 106 valence electrons. The Bertz CT molecular complexity index is 402. The summed E-state index contributed by atoms with van der Waals surface area (Å²) in [5.74, 6) is 1.56. The number of rotatable bonds is 5. The van der Waals surface area contributed by atoms with Gasteiger partial charge in [0.15, 0.2) is 0 Å². The summed E-state index contributed by atoms with van der Waals surface area (Å²) in [5, 5.41) is 0.